The summed E-state index contributed by atoms with van der Waals surface area (Å²) in [7, 11) is -10.1. The first-order chi connectivity index (χ1) is 45.0. The predicted octanol–water partition coefficient (Wildman–Crippen LogP) is 15.9. The maximum absolute atomic E-state index is 13.3. The molecule has 0 fully saturated rings. The molecule has 13 rings (SSSR count). The molecule has 496 valence electrons. The molecule has 9 heterocycles. The molecule has 27 heteroatoms. The van der Waals surface area contributed by atoms with E-state index >= 15 is 0 Å². The molecular formula is C68H72N10O12S5. The van der Waals surface area contributed by atoms with Crippen molar-refractivity contribution in [2.45, 2.75) is 98.4 Å². The number of hydrogen-bond donors (Lipinski definition) is 5. The molecule has 13 aromatic rings. The van der Waals surface area contributed by atoms with Gasteiger partial charge in [0.2, 0.25) is 0 Å². The second-order valence-corrected chi connectivity index (χ2v) is 33.2. The molecular weight excluding hydrogens is 1310 g/mol. The Kier molecular flexibility index (Phi) is 18.2. The molecule has 0 spiro atoms. The average molecular weight is 1380 g/mol. The molecule has 0 amide bonds. The standard InChI is InChI=1S/C28H28N4O4S.2C20H17N3O4S2.5H2/c1-17(2)37(34,35)20-12-10-18(11-13-20)22-16-30-26-25(31-22)21(15-29-26)24-14-19-8-6-7-9-23(19)32(24)27(33)36-28(3,4)5;1-11(2)29(26,27)13-5-3-12(4-6-13)15-10-22-19-18(23-15)14(9-21-19)16-7-8-17(28-16)20(24)25;1-11(2)29(26,27)13-5-3-12(4-6-13)16-10-22-19-17(23-16)15(9-21-19)18-14(20(24)25)7-8-28-18;;;;;/h6-17H,1-5H3,(H,29,30);2*3-11H,1-2H3,(H,21,22)(H,24,25);5*1H. The molecule has 0 aliphatic carbocycles. The summed E-state index contributed by atoms with van der Waals surface area (Å²) < 4.78 is 81.5. The fourth-order valence-corrected chi connectivity index (χ4v) is 15.0. The van der Waals surface area contributed by atoms with Gasteiger partial charge in [-0.25, -0.2) is 74.1 Å². The van der Waals surface area contributed by atoms with Crippen molar-refractivity contribution in [2.24, 2.45) is 0 Å². The summed E-state index contributed by atoms with van der Waals surface area (Å²) in [6, 6.07) is 34.2. The van der Waals surface area contributed by atoms with Crippen molar-refractivity contribution in [1.29, 1.82) is 0 Å². The van der Waals surface area contributed by atoms with Gasteiger partial charge in [0.05, 0.1) is 87.8 Å². The summed E-state index contributed by atoms with van der Waals surface area (Å²) in [4.78, 5) is 75.1. The predicted molar refractivity (Wildman–Crippen MR) is 379 cm³/mol. The first-order valence-electron chi connectivity index (χ1n) is 29.6. The van der Waals surface area contributed by atoms with Gasteiger partial charge in [-0.05, 0) is 134 Å². The number of carboxylic acids is 2. The van der Waals surface area contributed by atoms with Crippen molar-refractivity contribution in [1.82, 2.24) is 49.4 Å². The van der Waals surface area contributed by atoms with Crippen molar-refractivity contribution in [2.75, 3.05) is 0 Å². The van der Waals surface area contributed by atoms with Crippen LogP contribution in [0, 0.1) is 0 Å². The zero-order chi connectivity index (χ0) is 68.1. The van der Waals surface area contributed by atoms with Gasteiger partial charge in [-0.3, -0.25) is 0 Å². The Morgan fingerprint density at radius 1 is 0.537 bits per heavy atom. The van der Waals surface area contributed by atoms with E-state index in [9.17, 15) is 44.7 Å². The van der Waals surface area contributed by atoms with Crippen LogP contribution in [0.3, 0.4) is 0 Å². The van der Waals surface area contributed by atoms with Crippen LogP contribution in [0.4, 0.5) is 4.79 Å². The maximum atomic E-state index is 13.3. The number of carbonyl (C=O) groups excluding carboxylic acids is 1. The lowest BCUT2D eigenvalue weighted by molar-refractivity contribution is 0.0545. The Hall–Kier alpha value is -10.1. The Labute approximate surface area is 561 Å². The summed E-state index contributed by atoms with van der Waals surface area (Å²) in [5, 5.41) is 19.7. The van der Waals surface area contributed by atoms with Gasteiger partial charge in [0, 0.05) is 69.4 Å². The number of para-hydroxylation sites is 1. The van der Waals surface area contributed by atoms with Gasteiger partial charge in [-0.2, -0.15) is 0 Å². The first-order valence-corrected chi connectivity index (χ1v) is 35.9. The number of aromatic carboxylic acids is 2. The van der Waals surface area contributed by atoms with Crippen molar-refractivity contribution < 1.29 is 61.7 Å². The van der Waals surface area contributed by atoms with E-state index in [1.807, 2.05) is 51.1 Å². The topological polar surface area (TPSA) is 333 Å². The normalized spacial score (nSPS) is 12.2. The highest BCUT2D eigenvalue weighted by molar-refractivity contribution is 7.92. The van der Waals surface area contributed by atoms with Crippen LogP contribution in [-0.4, -0.2) is 124 Å². The summed E-state index contributed by atoms with van der Waals surface area (Å²) >= 11 is 2.49. The van der Waals surface area contributed by atoms with Crippen LogP contribution < -0.4 is 0 Å². The van der Waals surface area contributed by atoms with Gasteiger partial charge in [0.1, 0.15) is 27.0 Å². The Balaban J connectivity index is 0.000000233. The fraction of sp³-hybridized carbons (Fsp3) is 0.191. The smallest absolute Gasteiger partial charge is 0.419 e. The van der Waals surface area contributed by atoms with Gasteiger partial charge in [0.25, 0.3) is 0 Å². The van der Waals surface area contributed by atoms with Gasteiger partial charge in [-0.15, -0.1) is 22.7 Å². The van der Waals surface area contributed by atoms with E-state index in [4.69, 9.17) is 14.8 Å². The molecule has 0 bridgehead atoms. The number of ether oxygens (including phenoxy) is 1. The minimum Gasteiger partial charge on any atom is -0.478 e. The number of aromatic amines is 3. The lowest BCUT2D eigenvalue weighted by Gasteiger charge is -2.21. The number of thiophene rings is 2. The summed E-state index contributed by atoms with van der Waals surface area (Å²) in [6.07, 6.45) is 9.60. The Morgan fingerprint density at radius 2 is 0.958 bits per heavy atom. The van der Waals surface area contributed by atoms with E-state index in [0.717, 1.165) is 38.0 Å². The number of rotatable bonds is 14. The second kappa shape index (κ2) is 26.0. The molecule has 0 aliphatic heterocycles. The number of aromatic nitrogens is 10. The van der Waals surface area contributed by atoms with Gasteiger partial charge >= 0.3 is 18.0 Å². The number of fused-ring (bicyclic) bond motifs is 4. The van der Waals surface area contributed by atoms with Crippen molar-refractivity contribution in [3.63, 3.8) is 0 Å². The molecule has 9 aromatic heterocycles. The number of carboxylic acid groups (broad SMARTS) is 2. The minimum absolute atomic E-state index is 0. The Morgan fingerprint density at radius 3 is 1.38 bits per heavy atom. The molecule has 0 saturated carbocycles. The minimum atomic E-state index is -3.37. The molecule has 4 aromatic carbocycles. The second-order valence-electron chi connectivity index (χ2n) is 23.7. The summed E-state index contributed by atoms with van der Waals surface area (Å²) in [5.41, 5.74) is 10.5. The van der Waals surface area contributed by atoms with E-state index in [0.29, 0.717) is 72.3 Å². The van der Waals surface area contributed by atoms with Gasteiger partial charge < -0.3 is 29.9 Å². The zero-order valence-electron chi connectivity index (χ0n) is 52.5. The third-order valence-corrected chi connectivity index (χ3v) is 23.8. The molecule has 0 radical (unpaired) electrons. The van der Waals surface area contributed by atoms with Crippen LogP contribution in [0.15, 0.2) is 179 Å². The van der Waals surface area contributed by atoms with Crippen LogP contribution in [0.25, 0.3) is 110 Å². The number of H-pyrrole nitrogens is 3. The number of nitrogens with one attached hydrogen (secondary N) is 3. The van der Waals surface area contributed by atoms with Crippen molar-refractivity contribution >= 4 is 115 Å². The van der Waals surface area contributed by atoms with Crippen molar-refractivity contribution in [3.05, 3.63) is 174 Å². The quantitative estimate of drug-likeness (QED) is 0.0675. The van der Waals surface area contributed by atoms with E-state index < -0.39 is 68.9 Å². The molecule has 0 saturated heterocycles. The van der Waals surface area contributed by atoms with Gasteiger partial charge in [-0.1, -0.05) is 54.6 Å². The first kappa shape index (κ1) is 66.4. The summed E-state index contributed by atoms with van der Waals surface area (Å²) in [6.45, 7) is 15.4. The van der Waals surface area contributed by atoms with Crippen LogP contribution in [-0.2, 0) is 34.2 Å². The Bertz CT molecular complexity index is 5480. The highest BCUT2D eigenvalue weighted by Gasteiger charge is 2.27. The van der Waals surface area contributed by atoms with Crippen LogP contribution in [0.1, 0.15) is 89.5 Å². The van der Waals surface area contributed by atoms with E-state index in [1.165, 1.54) is 22.7 Å². The van der Waals surface area contributed by atoms with Crippen molar-refractivity contribution in [3.8, 4) is 65.9 Å². The molecule has 5 N–H and O–H groups in total. The molecule has 95 heavy (non-hydrogen) atoms. The third kappa shape index (κ3) is 13.4. The third-order valence-electron chi connectivity index (χ3n) is 15.2. The SMILES string of the molecule is CC(C)S(=O)(=O)c1ccc(-c2cnc3[nH]cc(-c4cc5ccccc5n4C(=O)OC(C)(C)C)c3n2)cc1.CC(C)S(=O)(=O)c1ccc(-c2cnc3[nH]cc(-c4ccc(C(=O)O)s4)c3n2)cc1.CC(C)S(=O)(=O)c1ccc(-c2cnc3[nH]cc(-c4sccc4C(=O)O)c3n2)cc1.[HH].[HH].[HH].[HH].[HH]. The number of sulfone groups is 3. The van der Waals surface area contributed by atoms with E-state index in [1.54, 1.807) is 180 Å². The largest absolute Gasteiger partial charge is 0.478 e. The fourth-order valence-electron chi connectivity index (χ4n) is 10.1. The van der Waals surface area contributed by atoms with Crippen LogP contribution >= 0.6 is 22.7 Å². The highest BCUT2D eigenvalue weighted by Crippen LogP contribution is 2.38. The number of nitrogens with zero attached hydrogens (tertiary/aromatic N) is 7. The monoisotopic (exact) mass is 1380 g/mol. The van der Waals surface area contributed by atoms with E-state index in [-0.39, 0.29) is 32.3 Å². The number of hydrogen-bond acceptors (Lipinski definition) is 18. The highest BCUT2D eigenvalue weighted by atomic mass is 32.2. The van der Waals surface area contributed by atoms with E-state index in [2.05, 4.69) is 39.9 Å². The van der Waals surface area contributed by atoms with Crippen LogP contribution in [0.5, 0.6) is 0 Å². The molecule has 0 aliphatic rings. The number of benzene rings is 4. The molecule has 0 atom stereocenters. The number of carbonyl (C=O) groups is 3. The lowest BCUT2D eigenvalue weighted by Crippen LogP contribution is -2.27. The van der Waals surface area contributed by atoms with Crippen LogP contribution in [0.2, 0.25) is 0 Å². The van der Waals surface area contributed by atoms with Gasteiger partial charge in [0.15, 0.2) is 46.5 Å². The zero-order valence-corrected chi connectivity index (χ0v) is 56.6. The molecule has 22 nitrogen and oxygen atoms in total. The lowest BCUT2D eigenvalue weighted by atomic mass is 10.1. The molecule has 0 unspecified atom stereocenters. The average Bonchev–Trinajstić information content (AvgIpc) is 1.60. The summed E-state index contributed by atoms with van der Waals surface area (Å²) in [5.74, 6) is -1.97. The maximum Gasteiger partial charge on any atom is 0.419 e.